The lowest BCUT2D eigenvalue weighted by molar-refractivity contribution is -0.137. The van der Waals surface area contributed by atoms with Gasteiger partial charge in [0, 0.05) is 54.7 Å². The summed E-state index contributed by atoms with van der Waals surface area (Å²) in [5.41, 5.74) is 3.33. The Morgan fingerprint density at radius 2 is 1.71 bits per heavy atom. The summed E-state index contributed by atoms with van der Waals surface area (Å²) in [5, 5.41) is 0.993. The highest BCUT2D eigenvalue weighted by Crippen LogP contribution is 2.37. The highest BCUT2D eigenvalue weighted by Gasteiger charge is 2.31. The first-order chi connectivity index (χ1) is 15.8. The van der Waals surface area contributed by atoms with E-state index >= 15 is 0 Å². The third-order valence-electron chi connectivity index (χ3n) is 6.58. The van der Waals surface area contributed by atoms with Crippen molar-refractivity contribution < 1.29 is 18.0 Å². The molecule has 5 rings (SSSR count). The number of anilines is 2. The minimum atomic E-state index is -4.42. The normalized spacial score (nSPS) is 16.8. The first kappa shape index (κ1) is 24.3. The molecular weight excluding hydrogens is 465 g/mol. The molecule has 34 heavy (non-hydrogen) atoms. The van der Waals surface area contributed by atoms with Gasteiger partial charge in [0.05, 0.1) is 11.1 Å². The lowest BCUT2D eigenvalue weighted by Gasteiger charge is -2.25. The van der Waals surface area contributed by atoms with Crippen molar-refractivity contribution in [3.63, 3.8) is 0 Å². The zero-order valence-corrected chi connectivity index (χ0v) is 19.6. The SMILES string of the molecule is CN1CCCN(c2ccnc3cc4c(cc23)N(C(=O)c2ccc(C(F)(F)F)cc2)CC4)CC1.Cl. The molecule has 2 aromatic carbocycles. The Labute approximate surface area is 202 Å². The standard InChI is InChI=1S/C25H25F3N4O.ClH/c1-30-10-2-11-31(14-13-30)22-7-9-29-21-15-18-8-12-32(23(18)16-20(21)22)24(33)17-3-5-19(6-4-17)25(26,27)28;/h3-7,9,15-16H,2,8,10-14H2,1H3;1H. The summed E-state index contributed by atoms with van der Waals surface area (Å²) in [6.45, 7) is 4.41. The van der Waals surface area contributed by atoms with E-state index in [0.29, 0.717) is 13.0 Å². The number of rotatable bonds is 2. The Bertz CT molecular complexity index is 1200. The largest absolute Gasteiger partial charge is 0.416 e. The van der Waals surface area contributed by atoms with Gasteiger partial charge < -0.3 is 14.7 Å². The molecule has 0 N–H and O–H groups in total. The van der Waals surface area contributed by atoms with Crippen molar-refractivity contribution >= 4 is 40.6 Å². The van der Waals surface area contributed by atoms with Crippen LogP contribution in [0.2, 0.25) is 0 Å². The summed E-state index contributed by atoms with van der Waals surface area (Å²) in [4.78, 5) is 24.1. The second kappa shape index (κ2) is 9.43. The van der Waals surface area contributed by atoms with Crippen molar-refractivity contribution in [1.82, 2.24) is 9.88 Å². The van der Waals surface area contributed by atoms with E-state index in [-0.39, 0.29) is 23.9 Å². The first-order valence-corrected chi connectivity index (χ1v) is 11.2. The van der Waals surface area contributed by atoms with Crippen LogP contribution in [0.1, 0.15) is 27.9 Å². The number of likely N-dealkylation sites (N-methyl/N-ethyl adjacent to an activating group) is 1. The van der Waals surface area contributed by atoms with E-state index in [1.807, 2.05) is 24.4 Å². The predicted octanol–water partition coefficient (Wildman–Crippen LogP) is 5.02. The van der Waals surface area contributed by atoms with E-state index in [4.69, 9.17) is 0 Å². The number of hydrogen-bond donors (Lipinski definition) is 0. The summed E-state index contributed by atoms with van der Waals surface area (Å²) >= 11 is 0. The number of aromatic nitrogens is 1. The van der Waals surface area contributed by atoms with Gasteiger partial charge in [0.2, 0.25) is 0 Å². The molecule has 1 saturated heterocycles. The molecule has 5 nitrogen and oxygen atoms in total. The Morgan fingerprint density at radius 3 is 2.44 bits per heavy atom. The third-order valence-corrected chi connectivity index (χ3v) is 6.58. The molecule has 2 aliphatic heterocycles. The number of nitrogens with zero attached hydrogens (tertiary/aromatic N) is 4. The van der Waals surface area contributed by atoms with Crippen molar-refractivity contribution in [3.05, 3.63) is 65.4 Å². The molecular formula is C25H26ClF3N4O. The average molecular weight is 491 g/mol. The summed E-state index contributed by atoms with van der Waals surface area (Å²) in [6.07, 6.45) is -0.827. The number of alkyl halides is 3. The second-order valence-corrected chi connectivity index (χ2v) is 8.75. The summed E-state index contributed by atoms with van der Waals surface area (Å²) in [5.74, 6) is -0.288. The molecule has 1 fully saturated rings. The Kier molecular flexibility index (Phi) is 6.73. The monoisotopic (exact) mass is 490 g/mol. The molecule has 0 spiro atoms. The van der Waals surface area contributed by atoms with Gasteiger partial charge in [-0.2, -0.15) is 13.2 Å². The van der Waals surface area contributed by atoms with Gasteiger partial charge in [-0.1, -0.05) is 0 Å². The van der Waals surface area contributed by atoms with E-state index in [0.717, 1.165) is 72.6 Å². The summed E-state index contributed by atoms with van der Waals surface area (Å²) < 4.78 is 38.7. The molecule has 0 bridgehead atoms. The Balaban J connectivity index is 0.00000274. The maximum Gasteiger partial charge on any atom is 0.416 e. The van der Waals surface area contributed by atoms with Crippen LogP contribution >= 0.6 is 12.4 Å². The van der Waals surface area contributed by atoms with Crippen LogP contribution in [-0.4, -0.2) is 55.6 Å². The molecule has 0 atom stereocenters. The first-order valence-electron chi connectivity index (χ1n) is 11.2. The van der Waals surface area contributed by atoms with Crippen LogP contribution in [0, 0.1) is 0 Å². The Hall–Kier alpha value is -2.84. The molecule has 180 valence electrons. The minimum Gasteiger partial charge on any atom is -0.370 e. The van der Waals surface area contributed by atoms with Crippen molar-refractivity contribution in [2.24, 2.45) is 0 Å². The van der Waals surface area contributed by atoms with Gasteiger partial charge in [-0.25, -0.2) is 0 Å². The lowest BCUT2D eigenvalue weighted by atomic mass is 10.1. The van der Waals surface area contributed by atoms with E-state index in [1.165, 1.54) is 12.1 Å². The molecule has 2 aliphatic rings. The highest BCUT2D eigenvalue weighted by atomic mass is 35.5. The van der Waals surface area contributed by atoms with E-state index in [9.17, 15) is 18.0 Å². The van der Waals surface area contributed by atoms with Gasteiger partial charge in [0.25, 0.3) is 5.91 Å². The number of pyridine rings is 1. The van der Waals surface area contributed by atoms with Crippen LogP contribution in [0.5, 0.6) is 0 Å². The van der Waals surface area contributed by atoms with Crippen LogP contribution in [0.3, 0.4) is 0 Å². The molecule has 3 aromatic rings. The summed E-state index contributed by atoms with van der Waals surface area (Å²) in [6, 6.07) is 10.5. The van der Waals surface area contributed by atoms with Crippen LogP contribution < -0.4 is 9.80 Å². The molecule has 1 aromatic heterocycles. The maximum atomic E-state index is 13.2. The topological polar surface area (TPSA) is 39.7 Å². The predicted molar refractivity (Wildman–Crippen MR) is 130 cm³/mol. The van der Waals surface area contributed by atoms with E-state index < -0.39 is 11.7 Å². The molecule has 0 saturated carbocycles. The zero-order valence-electron chi connectivity index (χ0n) is 18.8. The van der Waals surface area contributed by atoms with Crippen molar-refractivity contribution in [3.8, 4) is 0 Å². The van der Waals surface area contributed by atoms with Gasteiger partial charge >= 0.3 is 6.18 Å². The number of halogens is 4. The van der Waals surface area contributed by atoms with Gasteiger partial charge in [-0.15, -0.1) is 12.4 Å². The fraction of sp³-hybridized carbons (Fsp3) is 0.360. The van der Waals surface area contributed by atoms with Crippen molar-refractivity contribution in [1.29, 1.82) is 0 Å². The number of carbonyl (C=O) groups is 1. The summed E-state index contributed by atoms with van der Waals surface area (Å²) in [7, 11) is 2.13. The number of amides is 1. The number of carbonyl (C=O) groups excluding carboxylic acids is 1. The van der Waals surface area contributed by atoms with E-state index in [2.05, 4.69) is 21.8 Å². The van der Waals surface area contributed by atoms with Gasteiger partial charge in [0.1, 0.15) is 0 Å². The third kappa shape index (κ3) is 4.57. The van der Waals surface area contributed by atoms with Crippen LogP contribution in [0.15, 0.2) is 48.7 Å². The minimum absolute atomic E-state index is 0. The Morgan fingerprint density at radius 1 is 0.941 bits per heavy atom. The fourth-order valence-electron chi connectivity index (χ4n) is 4.75. The zero-order chi connectivity index (χ0) is 23.2. The van der Waals surface area contributed by atoms with Crippen molar-refractivity contribution in [2.45, 2.75) is 19.0 Å². The average Bonchev–Trinajstić information content (AvgIpc) is 3.08. The van der Waals surface area contributed by atoms with Gasteiger partial charge in [-0.3, -0.25) is 9.78 Å². The number of hydrogen-bond acceptors (Lipinski definition) is 4. The maximum absolute atomic E-state index is 13.2. The second-order valence-electron chi connectivity index (χ2n) is 8.75. The molecule has 1 amide bonds. The molecule has 0 unspecified atom stereocenters. The lowest BCUT2D eigenvalue weighted by Crippen LogP contribution is -2.29. The van der Waals surface area contributed by atoms with Crippen LogP contribution in [-0.2, 0) is 12.6 Å². The molecule has 0 aliphatic carbocycles. The molecule has 0 radical (unpaired) electrons. The van der Waals surface area contributed by atoms with Crippen molar-refractivity contribution in [2.75, 3.05) is 49.6 Å². The number of benzene rings is 2. The van der Waals surface area contributed by atoms with Crippen LogP contribution in [0.25, 0.3) is 10.9 Å². The van der Waals surface area contributed by atoms with Gasteiger partial charge in [-0.05, 0) is 74.5 Å². The quantitative estimate of drug-likeness (QED) is 0.505. The fourth-order valence-corrected chi connectivity index (χ4v) is 4.75. The number of fused-ring (bicyclic) bond motifs is 2. The van der Waals surface area contributed by atoms with Crippen LogP contribution in [0.4, 0.5) is 24.5 Å². The molecule has 9 heteroatoms. The van der Waals surface area contributed by atoms with E-state index in [1.54, 1.807) is 4.90 Å². The highest BCUT2D eigenvalue weighted by molar-refractivity contribution is 6.09. The molecule has 3 heterocycles. The van der Waals surface area contributed by atoms with Gasteiger partial charge in [0.15, 0.2) is 0 Å². The smallest absolute Gasteiger partial charge is 0.370 e.